The van der Waals surface area contributed by atoms with E-state index in [-0.39, 0.29) is 0 Å². The van der Waals surface area contributed by atoms with Crippen molar-refractivity contribution in [2.24, 2.45) is 0 Å². The molecule has 5 rings (SSSR count). The van der Waals surface area contributed by atoms with Gasteiger partial charge in [0, 0.05) is 16.0 Å². The number of hydrogen-bond acceptors (Lipinski definition) is 2. The second-order valence-electron chi connectivity index (χ2n) is 9.00. The van der Waals surface area contributed by atoms with Crippen LogP contribution in [0.1, 0.15) is 85.9 Å². The van der Waals surface area contributed by atoms with E-state index < -0.39 is 0 Å². The summed E-state index contributed by atoms with van der Waals surface area (Å²) in [6.45, 7) is 0. The molecule has 1 aromatic carbocycles. The second kappa shape index (κ2) is 9.00. The van der Waals surface area contributed by atoms with E-state index in [9.17, 15) is 0 Å². The average Bonchev–Trinajstić information content (AvgIpc) is 3.12. The highest BCUT2D eigenvalue weighted by molar-refractivity contribution is 7.19. The lowest BCUT2D eigenvalue weighted by molar-refractivity contribution is 0.558. The maximum Gasteiger partial charge on any atom is 0.124 e. The topological polar surface area (TPSA) is 12.9 Å². The summed E-state index contributed by atoms with van der Waals surface area (Å²) in [5.41, 5.74) is 7.58. The molecule has 2 aromatic heterocycles. The van der Waals surface area contributed by atoms with Crippen molar-refractivity contribution in [1.29, 1.82) is 0 Å². The molecule has 0 aliphatic heterocycles. The van der Waals surface area contributed by atoms with E-state index in [1.807, 2.05) is 11.3 Å². The summed E-state index contributed by atoms with van der Waals surface area (Å²) in [7, 11) is 0. The summed E-state index contributed by atoms with van der Waals surface area (Å²) in [4.78, 5) is 8.30. The molecule has 0 radical (unpaired) electrons. The van der Waals surface area contributed by atoms with Crippen molar-refractivity contribution in [2.45, 2.75) is 89.9 Å². The number of aromatic nitrogens is 1. The van der Waals surface area contributed by atoms with Gasteiger partial charge in [-0.2, -0.15) is 0 Å². The highest BCUT2D eigenvalue weighted by Gasteiger charge is 2.24. The largest absolute Gasteiger partial charge is 0.242 e. The number of pyridine rings is 1. The molecule has 0 unspecified atom stereocenters. The fourth-order valence-corrected chi connectivity index (χ4v) is 6.72. The molecule has 0 fully saturated rings. The standard InChI is InChI=1S/C27H33NS/c1-2-4-6-11-18-23-21(16-10-5-3-1)25(20-14-8-7-9-15-20)26-22-17-12-13-19-24(22)29-27(26)28-23/h7-9,14-15H,1-6,10-13,16-19H2. The summed E-state index contributed by atoms with van der Waals surface area (Å²) in [6.07, 6.45) is 18.5. The zero-order chi connectivity index (χ0) is 19.5. The van der Waals surface area contributed by atoms with Crippen LogP contribution in [0, 0.1) is 0 Å². The average molecular weight is 404 g/mol. The van der Waals surface area contributed by atoms with Crippen LogP contribution in [-0.2, 0) is 25.7 Å². The van der Waals surface area contributed by atoms with Crippen LogP contribution in [0.25, 0.3) is 21.3 Å². The van der Waals surface area contributed by atoms with Gasteiger partial charge < -0.3 is 0 Å². The van der Waals surface area contributed by atoms with Crippen molar-refractivity contribution in [3.63, 3.8) is 0 Å². The summed E-state index contributed by atoms with van der Waals surface area (Å²) >= 11 is 2.00. The lowest BCUT2D eigenvalue weighted by Crippen LogP contribution is -2.05. The smallest absolute Gasteiger partial charge is 0.124 e. The predicted octanol–water partition coefficient (Wildman–Crippen LogP) is 8.06. The number of rotatable bonds is 1. The van der Waals surface area contributed by atoms with Gasteiger partial charge >= 0.3 is 0 Å². The molecule has 0 amide bonds. The number of nitrogens with zero attached hydrogens (tertiary/aromatic N) is 1. The van der Waals surface area contributed by atoms with Crippen molar-refractivity contribution >= 4 is 21.6 Å². The van der Waals surface area contributed by atoms with Gasteiger partial charge in [0.25, 0.3) is 0 Å². The summed E-state index contributed by atoms with van der Waals surface area (Å²) < 4.78 is 0. The first-order valence-corrected chi connectivity index (χ1v) is 12.7. The van der Waals surface area contributed by atoms with Gasteiger partial charge in [0.1, 0.15) is 4.83 Å². The number of aryl methyl sites for hydroxylation is 3. The van der Waals surface area contributed by atoms with Gasteiger partial charge in [-0.05, 0) is 73.6 Å². The van der Waals surface area contributed by atoms with E-state index >= 15 is 0 Å². The normalized spacial score (nSPS) is 18.5. The SMILES string of the molecule is c1ccc(-c2c3c(nc4sc5c(c24)CCCC5)CCCCCCCCCC3)cc1. The highest BCUT2D eigenvalue weighted by Crippen LogP contribution is 2.43. The van der Waals surface area contributed by atoms with Crippen LogP contribution in [0.2, 0.25) is 0 Å². The van der Waals surface area contributed by atoms with Gasteiger partial charge in [-0.25, -0.2) is 4.98 Å². The molecule has 2 heterocycles. The molecule has 1 nitrogen and oxygen atoms in total. The lowest BCUT2D eigenvalue weighted by atomic mass is 9.87. The molecule has 0 spiro atoms. The van der Waals surface area contributed by atoms with Crippen LogP contribution >= 0.6 is 11.3 Å². The predicted molar refractivity (Wildman–Crippen MR) is 126 cm³/mol. The van der Waals surface area contributed by atoms with Crippen molar-refractivity contribution in [3.05, 3.63) is 52.0 Å². The van der Waals surface area contributed by atoms with Crippen molar-refractivity contribution < 1.29 is 0 Å². The van der Waals surface area contributed by atoms with E-state index in [4.69, 9.17) is 4.98 Å². The number of benzene rings is 1. The van der Waals surface area contributed by atoms with Gasteiger partial charge in [0.05, 0.1) is 0 Å². The maximum atomic E-state index is 5.35. The van der Waals surface area contributed by atoms with E-state index in [0.717, 1.165) is 6.42 Å². The van der Waals surface area contributed by atoms with E-state index in [2.05, 4.69) is 30.3 Å². The molecule has 0 atom stereocenters. The quantitative estimate of drug-likeness (QED) is 0.400. The first-order valence-electron chi connectivity index (χ1n) is 11.9. The fourth-order valence-electron chi connectivity index (χ4n) is 5.43. The Hall–Kier alpha value is -1.67. The first-order chi connectivity index (χ1) is 14.4. The number of thiophene rings is 1. The fraction of sp³-hybridized carbons (Fsp3) is 0.519. The number of hydrogen-bond donors (Lipinski definition) is 0. The third kappa shape index (κ3) is 4.01. The van der Waals surface area contributed by atoms with Gasteiger partial charge in [-0.15, -0.1) is 11.3 Å². The third-order valence-corrected chi connectivity index (χ3v) is 8.13. The molecule has 29 heavy (non-hydrogen) atoms. The second-order valence-corrected chi connectivity index (χ2v) is 10.1. The van der Waals surface area contributed by atoms with Crippen LogP contribution < -0.4 is 0 Å². The van der Waals surface area contributed by atoms with Gasteiger partial charge in [0.15, 0.2) is 0 Å². The molecule has 3 aromatic rings. The maximum absolute atomic E-state index is 5.35. The molecule has 2 aliphatic rings. The van der Waals surface area contributed by atoms with Crippen molar-refractivity contribution in [3.8, 4) is 11.1 Å². The Kier molecular flexibility index (Phi) is 5.99. The Balaban J connectivity index is 1.71. The Bertz CT molecular complexity index is 969. The minimum absolute atomic E-state index is 1.16. The molecular formula is C27H33NS. The van der Waals surface area contributed by atoms with Crippen molar-refractivity contribution in [1.82, 2.24) is 4.98 Å². The van der Waals surface area contributed by atoms with Crippen LogP contribution in [0.4, 0.5) is 0 Å². The van der Waals surface area contributed by atoms with Crippen LogP contribution in [0.3, 0.4) is 0 Å². The monoisotopic (exact) mass is 403 g/mol. The van der Waals surface area contributed by atoms with E-state index in [1.165, 1.54) is 105 Å². The Morgan fingerprint density at radius 3 is 2.03 bits per heavy atom. The molecule has 0 bridgehead atoms. The van der Waals surface area contributed by atoms with Crippen LogP contribution in [0.15, 0.2) is 30.3 Å². The van der Waals surface area contributed by atoms with Crippen LogP contribution in [0.5, 0.6) is 0 Å². The lowest BCUT2D eigenvalue weighted by Gasteiger charge is -2.19. The molecule has 2 aliphatic carbocycles. The minimum Gasteiger partial charge on any atom is -0.242 e. The van der Waals surface area contributed by atoms with Gasteiger partial charge in [0.2, 0.25) is 0 Å². The molecule has 2 heteroatoms. The van der Waals surface area contributed by atoms with Gasteiger partial charge in [-0.3, -0.25) is 0 Å². The van der Waals surface area contributed by atoms with E-state index in [1.54, 1.807) is 21.6 Å². The zero-order valence-corrected chi connectivity index (χ0v) is 18.5. The van der Waals surface area contributed by atoms with E-state index in [0.29, 0.717) is 0 Å². The summed E-state index contributed by atoms with van der Waals surface area (Å²) in [5.74, 6) is 0. The molecule has 152 valence electrons. The minimum atomic E-state index is 1.16. The molecular weight excluding hydrogens is 370 g/mol. The summed E-state index contributed by atoms with van der Waals surface area (Å²) in [5, 5.41) is 1.52. The first kappa shape index (κ1) is 19.3. The number of fused-ring (bicyclic) bond motifs is 4. The highest BCUT2D eigenvalue weighted by atomic mass is 32.1. The Morgan fingerprint density at radius 1 is 0.621 bits per heavy atom. The Morgan fingerprint density at radius 2 is 1.24 bits per heavy atom. The Labute approximate surface area is 179 Å². The third-order valence-electron chi connectivity index (χ3n) is 6.94. The molecule has 0 saturated carbocycles. The summed E-state index contributed by atoms with van der Waals surface area (Å²) in [6, 6.07) is 11.2. The van der Waals surface area contributed by atoms with Crippen molar-refractivity contribution in [2.75, 3.05) is 0 Å². The zero-order valence-electron chi connectivity index (χ0n) is 17.6. The van der Waals surface area contributed by atoms with Crippen LogP contribution in [-0.4, -0.2) is 4.98 Å². The molecule has 0 N–H and O–H groups in total. The molecule has 0 saturated heterocycles. The van der Waals surface area contributed by atoms with Gasteiger partial charge in [-0.1, -0.05) is 68.9 Å².